The number of benzene rings is 4. The average molecular weight is 1110 g/mol. The monoisotopic (exact) mass is 1110 g/mol. The second kappa shape index (κ2) is 27.4. The molecule has 400 valence electrons. The highest BCUT2D eigenvalue weighted by Crippen LogP contribution is 2.48. The van der Waals surface area contributed by atoms with Gasteiger partial charge in [0, 0.05) is 44.9 Å². The molecule has 0 bridgehead atoms. The Morgan fingerprint density at radius 1 is 0.500 bits per heavy atom. The number of ether oxygens (including phenoxy) is 4. The fourth-order valence-corrected chi connectivity index (χ4v) is 10.1. The number of hydrogen-bond donors (Lipinski definition) is 2. The molecule has 2 amide bonds. The molecule has 2 N–H and O–H groups in total. The molecule has 0 aliphatic carbocycles. The number of carbonyl (C=O) groups excluding carboxylic acids is 4. The number of aromatic nitrogens is 2. The van der Waals surface area contributed by atoms with Crippen LogP contribution in [0.2, 0.25) is 20.1 Å². The van der Waals surface area contributed by atoms with Crippen LogP contribution in [0.4, 0.5) is 0 Å². The number of nitrogens with zero attached hydrogens (tertiary/aromatic N) is 4. The Morgan fingerprint density at radius 3 is 1.07 bits per heavy atom. The van der Waals surface area contributed by atoms with Crippen LogP contribution in [0, 0.1) is 0 Å². The first-order chi connectivity index (χ1) is 36.7. The van der Waals surface area contributed by atoms with Crippen molar-refractivity contribution >= 4 is 70.2 Å². The third-order valence-corrected chi connectivity index (χ3v) is 14.2. The molecular formula is C58H60Cl4N4O10. The van der Waals surface area contributed by atoms with Crippen molar-refractivity contribution < 1.29 is 48.3 Å². The molecule has 4 unspecified atom stereocenters. The van der Waals surface area contributed by atoms with Gasteiger partial charge in [0.15, 0.2) is 12.2 Å². The molecule has 10 atom stereocenters. The van der Waals surface area contributed by atoms with Gasteiger partial charge in [-0.3, -0.25) is 19.6 Å². The third kappa shape index (κ3) is 13.6. The van der Waals surface area contributed by atoms with Gasteiger partial charge < -0.3 is 39.0 Å². The van der Waals surface area contributed by atoms with Gasteiger partial charge >= 0.3 is 11.9 Å². The van der Waals surface area contributed by atoms with E-state index in [-0.39, 0.29) is 13.2 Å². The molecule has 8 rings (SSSR count). The molecular weight excluding hydrogens is 1050 g/mol. The van der Waals surface area contributed by atoms with E-state index in [1.807, 2.05) is 62.4 Å². The summed E-state index contributed by atoms with van der Waals surface area (Å²) in [4.78, 5) is 66.1. The van der Waals surface area contributed by atoms with Crippen LogP contribution in [0.5, 0.6) is 0 Å². The summed E-state index contributed by atoms with van der Waals surface area (Å²) in [6.45, 7) is 7.68. The van der Waals surface area contributed by atoms with E-state index < -0.39 is 84.5 Å². The van der Waals surface area contributed by atoms with Crippen molar-refractivity contribution in [3.63, 3.8) is 0 Å². The Morgan fingerprint density at radius 2 is 0.789 bits per heavy atom. The summed E-state index contributed by atoms with van der Waals surface area (Å²) in [6.07, 6.45) is 1.54. The SMILES string of the molecule is CCC[C@@H](C(=O)OCC)N1C(=O)[C@@H](C(O)c2ccncc2)O[C@H](c2ccc(Cl)cc2)C1c1ccc(Cl)cc1.CCC[C@H](C(=O)OCC)N1C(=O)[C@H](C(O)c2ccncc2)O[C@@H](c2ccc(Cl)cc2)C1c1ccc(Cl)cc1. The molecule has 76 heavy (non-hydrogen) atoms. The van der Waals surface area contributed by atoms with Crippen LogP contribution in [0.3, 0.4) is 0 Å². The van der Waals surface area contributed by atoms with Gasteiger partial charge in [0.2, 0.25) is 0 Å². The molecule has 14 nitrogen and oxygen atoms in total. The molecule has 2 aliphatic rings. The number of aliphatic hydroxyl groups is 2. The van der Waals surface area contributed by atoms with Crippen LogP contribution in [-0.2, 0) is 38.1 Å². The zero-order valence-corrected chi connectivity index (χ0v) is 45.4. The Kier molecular flexibility index (Phi) is 20.8. The van der Waals surface area contributed by atoms with Crippen molar-refractivity contribution in [2.24, 2.45) is 0 Å². The Balaban J connectivity index is 0.000000221. The fourth-order valence-electron chi connectivity index (χ4n) is 9.61. The first-order valence-corrected chi connectivity index (χ1v) is 26.7. The van der Waals surface area contributed by atoms with Gasteiger partial charge in [0.1, 0.15) is 36.5 Å². The van der Waals surface area contributed by atoms with E-state index in [1.165, 1.54) is 34.6 Å². The molecule has 2 saturated heterocycles. The number of amides is 2. The smallest absolute Gasteiger partial charge is 0.328 e. The van der Waals surface area contributed by atoms with Gasteiger partial charge in [-0.15, -0.1) is 0 Å². The Labute approximate surface area is 462 Å². The lowest BCUT2D eigenvalue weighted by atomic mass is 9.88. The molecule has 0 spiro atoms. The fraction of sp³-hybridized carbons (Fsp3) is 0.345. The summed E-state index contributed by atoms with van der Waals surface area (Å²) in [5, 5.41) is 24.8. The van der Waals surface area contributed by atoms with Gasteiger partial charge in [-0.25, -0.2) is 9.59 Å². The lowest BCUT2D eigenvalue weighted by Gasteiger charge is -2.48. The summed E-state index contributed by atoms with van der Waals surface area (Å²) in [5.74, 6) is -2.02. The summed E-state index contributed by atoms with van der Waals surface area (Å²) >= 11 is 24.7. The van der Waals surface area contributed by atoms with Crippen molar-refractivity contribution in [1.29, 1.82) is 0 Å². The second-order valence-electron chi connectivity index (χ2n) is 18.1. The van der Waals surface area contributed by atoms with E-state index in [0.29, 0.717) is 56.9 Å². The topological polar surface area (TPSA) is 178 Å². The minimum Gasteiger partial charge on any atom is -0.464 e. The highest BCUT2D eigenvalue weighted by Gasteiger charge is 2.52. The van der Waals surface area contributed by atoms with Crippen LogP contribution in [-0.4, -0.2) is 91.2 Å². The van der Waals surface area contributed by atoms with Gasteiger partial charge in [-0.2, -0.15) is 0 Å². The number of rotatable bonds is 18. The quantitative estimate of drug-likeness (QED) is 0.0780. The largest absolute Gasteiger partial charge is 0.464 e. The zero-order chi connectivity index (χ0) is 54.5. The molecule has 2 aromatic heterocycles. The number of pyridine rings is 2. The standard InChI is InChI=1S/2C29H30Cl2N2O5/c2*1-3-5-23(29(36)37-4-2)33-24(18-6-10-21(30)11-7-18)26(20-8-12-22(31)13-9-20)38-27(28(33)35)25(34)19-14-16-32-17-15-19/h2*6-17,23-27,34H,3-5H2,1-2H3/t2*23-,24?,25?,26+,27+/m10/s1. The maximum atomic E-state index is 14.2. The lowest BCUT2D eigenvalue weighted by molar-refractivity contribution is -0.198. The molecule has 4 aromatic carbocycles. The van der Waals surface area contributed by atoms with Crippen LogP contribution >= 0.6 is 46.4 Å². The molecule has 6 aromatic rings. The number of aliphatic hydroxyl groups excluding tert-OH is 2. The van der Waals surface area contributed by atoms with Crippen LogP contribution in [0.25, 0.3) is 0 Å². The average Bonchev–Trinajstić information content (AvgIpc) is 3.44. The summed E-state index contributed by atoms with van der Waals surface area (Å²) in [7, 11) is 0. The predicted octanol–water partition coefficient (Wildman–Crippen LogP) is 11.7. The maximum Gasteiger partial charge on any atom is 0.328 e. The van der Waals surface area contributed by atoms with Crippen molar-refractivity contribution in [2.45, 2.75) is 114 Å². The zero-order valence-electron chi connectivity index (χ0n) is 42.3. The van der Waals surface area contributed by atoms with Crippen molar-refractivity contribution in [1.82, 2.24) is 19.8 Å². The van der Waals surface area contributed by atoms with Crippen LogP contribution in [0.1, 0.15) is 123 Å². The van der Waals surface area contributed by atoms with Gasteiger partial charge in [0.25, 0.3) is 11.8 Å². The summed E-state index contributed by atoms with van der Waals surface area (Å²) < 4.78 is 23.7. The van der Waals surface area contributed by atoms with Crippen LogP contribution in [0.15, 0.2) is 146 Å². The Bertz CT molecular complexity index is 2640. The normalized spacial score (nSPS) is 21.1. The number of carbonyl (C=O) groups is 4. The van der Waals surface area contributed by atoms with Gasteiger partial charge in [-0.05, 0) is 133 Å². The first-order valence-electron chi connectivity index (χ1n) is 25.2. The van der Waals surface area contributed by atoms with Gasteiger partial charge in [0.05, 0.1) is 25.3 Å². The number of morpholine rings is 2. The molecule has 2 aliphatic heterocycles. The van der Waals surface area contributed by atoms with E-state index in [1.54, 1.807) is 86.6 Å². The van der Waals surface area contributed by atoms with Crippen molar-refractivity contribution in [3.05, 3.63) is 200 Å². The second-order valence-corrected chi connectivity index (χ2v) is 19.9. The highest BCUT2D eigenvalue weighted by molar-refractivity contribution is 6.31. The minimum absolute atomic E-state index is 0.173. The van der Waals surface area contributed by atoms with Crippen molar-refractivity contribution in [2.75, 3.05) is 13.2 Å². The maximum absolute atomic E-state index is 14.2. The lowest BCUT2D eigenvalue weighted by Crippen LogP contribution is -2.58. The molecule has 0 saturated carbocycles. The number of hydrogen-bond acceptors (Lipinski definition) is 12. The first kappa shape index (κ1) is 57.8. The highest BCUT2D eigenvalue weighted by atomic mass is 35.5. The molecule has 2 fully saturated rings. The van der Waals surface area contributed by atoms with E-state index >= 15 is 0 Å². The Hall–Kier alpha value is -5.94. The predicted molar refractivity (Wildman–Crippen MR) is 289 cm³/mol. The van der Waals surface area contributed by atoms with Crippen LogP contribution < -0.4 is 0 Å². The van der Waals surface area contributed by atoms with Gasteiger partial charge in [-0.1, -0.05) is 122 Å². The van der Waals surface area contributed by atoms with E-state index in [0.717, 1.165) is 22.3 Å². The molecule has 18 heteroatoms. The number of esters is 2. The van der Waals surface area contributed by atoms with Crippen molar-refractivity contribution in [3.8, 4) is 0 Å². The van der Waals surface area contributed by atoms with E-state index in [2.05, 4.69) is 9.97 Å². The number of halogens is 4. The summed E-state index contributed by atoms with van der Waals surface area (Å²) in [6, 6.07) is 31.7. The third-order valence-electron chi connectivity index (χ3n) is 13.2. The molecule has 0 radical (unpaired) electrons. The summed E-state index contributed by atoms with van der Waals surface area (Å²) in [5.41, 5.74) is 3.87. The minimum atomic E-state index is -1.29. The van der Waals surface area contributed by atoms with E-state index in [9.17, 15) is 29.4 Å². The molecule has 4 heterocycles. The van der Waals surface area contributed by atoms with E-state index in [4.69, 9.17) is 65.4 Å².